The summed E-state index contributed by atoms with van der Waals surface area (Å²) in [5.74, 6) is -2.50. The summed E-state index contributed by atoms with van der Waals surface area (Å²) in [6.07, 6.45) is 1.22. The van der Waals surface area contributed by atoms with Gasteiger partial charge in [0, 0.05) is 30.2 Å². The molecule has 5 aromatic rings. The summed E-state index contributed by atoms with van der Waals surface area (Å²) < 4.78 is 58.8. The van der Waals surface area contributed by atoms with Gasteiger partial charge in [-0.1, -0.05) is 19.1 Å². The Morgan fingerprint density at radius 1 is 1.04 bits per heavy atom. The summed E-state index contributed by atoms with van der Waals surface area (Å²) in [5, 5.41) is 18.5. The van der Waals surface area contributed by atoms with Crippen LogP contribution in [0.2, 0.25) is 0 Å². The molecule has 0 radical (unpaired) electrons. The SMILES string of the molecule is CC[C@@H]1OCC[C@H]1n1c(Cc2cc(F)c(-c3cccc(OCc4ccc(C#N)cc4F)n3)cc2F)nc2ccc(C(=O)O)cc21. The van der Waals surface area contributed by atoms with Gasteiger partial charge in [-0.3, -0.25) is 0 Å². The third-order valence-corrected chi connectivity index (χ3v) is 7.96. The number of nitrogens with zero attached hydrogens (tertiary/aromatic N) is 4. The van der Waals surface area contributed by atoms with Crippen LogP contribution < -0.4 is 4.74 Å². The van der Waals surface area contributed by atoms with Crippen molar-refractivity contribution in [3.05, 3.63) is 112 Å². The number of imidazole rings is 1. The molecule has 0 aliphatic carbocycles. The molecule has 0 saturated carbocycles. The summed E-state index contributed by atoms with van der Waals surface area (Å²) in [6.45, 7) is 2.35. The molecule has 3 aromatic carbocycles. The minimum Gasteiger partial charge on any atom is -0.478 e. The maximum absolute atomic E-state index is 15.6. The van der Waals surface area contributed by atoms with E-state index in [1.165, 1.54) is 30.3 Å². The first-order chi connectivity index (χ1) is 21.7. The van der Waals surface area contributed by atoms with E-state index in [0.29, 0.717) is 29.9 Å². The summed E-state index contributed by atoms with van der Waals surface area (Å²) in [7, 11) is 0. The minimum atomic E-state index is -1.07. The second-order valence-electron chi connectivity index (χ2n) is 10.7. The average Bonchev–Trinajstić information content (AvgIpc) is 3.65. The number of aromatic carboxylic acids is 1. The fourth-order valence-electron chi connectivity index (χ4n) is 5.71. The van der Waals surface area contributed by atoms with Crippen molar-refractivity contribution in [2.24, 2.45) is 0 Å². The first-order valence-electron chi connectivity index (χ1n) is 14.4. The molecule has 8 nitrogen and oxygen atoms in total. The van der Waals surface area contributed by atoms with E-state index in [2.05, 4.69) is 4.98 Å². The van der Waals surface area contributed by atoms with Gasteiger partial charge in [0.1, 0.15) is 29.9 Å². The molecular formula is C34H27F3N4O4. The van der Waals surface area contributed by atoms with Gasteiger partial charge >= 0.3 is 5.97 Å². The molecular weight excluding hydrogens is 585 g/mol. The molecule has 1 aliphatic heterocycles. The summed E-state index contributed by atoms with van der Waals surface area (Å²) in [4.78, 5) is 20.7. The molecule has 1 saturated heterocycles. The average molecular weight is 613 g/mol. The second-order valence-corrected chi connectivity index (χ2v) is 10.7. The quantitative estimate of drug-likeness (QED) is 0.191. The standard InChI is InChI=1S/C34H27F3N4O4/c1-2-31-29(10-11-44-31)41-30-14-20(34(42)43)8-9-28(30)39-32(41)15-22-13-26(37)23(16-25(22)36)27-4-3-5-33(40-27)45-18-21-7-6-19(17-38)12-24(21)35/h3-9,12-14,16,29,31H,2,10-11,15,18H2,1H3,(H,42,43)/t29-,31+/m1/s1. The molecule has 1 N–H and O–H groups in total. The largest absolute Gasteiger partial charge is 0.478 e. The van der Waals surface area contributed by atoms with Crippen LogP contribution in [0.4, 0.5) is 13.2 Å². The van der Waals surface area contributed by atoms with E-state index in [-0.39, 0.29) is 64.6 Å². The van der Waals surface area contributed by atoms with Crippen LogP contribution in [0.1, 0.15) is 58.7 Å². The highest BCUT2D eigenvalue weighted by Gasteiger charge is 2.32. The van der Waals surface area contributed by atoms with E-state index in [1.54, 1.807) is 18.2 Å². The van der Waals surface area contributed by atoms with E-state index in [4.69, 9.17) is 19.7 Å². The minimum absolute atomic E-state index is 0.0419. The maximum Gasteiger partial charge on any atom is 0.335 e. The van der Waals surface area contributed by atoms with E-state index >= 15 is 8.78 Å². The second kappa shape index (κ2) is 12.4. The Morgan fingerprint density at radius 3 is 2.62 bits per heavy atom. The number of halogens is 3. The smallest absolute Gasteiger partial charge is 0.335 e. The molecule has 3 heterocycles. The molecule has 2 aromatic heterocycles. The van der Waals surface area contributed by atoms with Gasteiger partial charge < -0.3 is 19.1 Å². The number of fused-ring (bicyclic) bond motifs is 1. The molecule has 1 aliphatic rings. The molecule has 0 amide bonds. The van der Waals surface area contributed by atoms with Gasteiger partial charge in [0.2, 0.25) is 5.88 Å². The van der Waals surface area contributed by atoms with Crippen molar-refractivity contribution >= 4 is 17.0 Å². The van der Waals surface area contributed by atoms with Crippen LogP contribution in [0.15, 0.2) is 66.7 Å². The van der Waals surface area contributed by atoms with Crippen molar-refractivity contribution in [2.75, 3.05) is 6.61 Å². The van der Waals surface area contributed by atoms with Crippen LogP contribution in [0.25, 0.3) is 22.3 Å². The molecule has 45 heavy (non-hydrogen) atoms. The normalized spacial score (nSPS) is 16.2. The Bertz CT molecular complexity index is 1970. The number of carbonyl (C=O) groups is 1. The fourth-order valence-corrected chi connectivity index (χ4v) is 5.71. The predicted molar refractivity (Wildman–Crippen MR) is 158 cm³/mol. The third kappa shape index (κ3) is 5.97. The number of pyridine rings is 1. The van der Waals surface area contributed by atoms with Crippen LogP contribution in [0.3, 0.4) is 0 Å². The Labute approximate surface area is 256 Å². The van der Waals surface area contributed by atoms with Crippen molar-refractivity contribution in [3.63, 3.8) is 0 Å². The molecule has 0 bridgehead atoms. The van der Waals surface area contributed by atoms with E-state index in [1.807, 2.05) is 17.6 Å². The lowest BCUT2D eigenvalue weighted by Crippen LogP contribution is -2.21. The Morgan fingerprint density at radius 2 is 1.87 bits per heavy atom. The number of hydrogen-bond donors (Lipinski definition) is 1. The number of nitriles is 1. The number of carboxylic acids is 1. The van der Waals surface area contributed by atoms with Crippen LogP contribution in [0.5, 0.6) is 5.88 Å². The zero-order valence-corrected chi connectivity index (χ0v) is 24.1. The lowest BCUT2D eigenvalue weighted by molar-refractivity contribution is 0.0697. The van der Waals surface area contributed by atoms with Gasteiger partial charge in [-0.05, 0) is 66.9 Å². The number of ether oxygens (including phenoxy) is 2. The van der Waals surface area contributed by atoms with Gasteiger partial charge in [0.05, 0.1) is 46.1 Å². The lowest BCUT2D eigenvalue weighted by Gasteiger charge is -2.22. The molecule has 11 heteroatoms. The van der Waals surface area contributed by atoms with Crippen LogP contribution in [-0.4, -0.2) is 38.3 Å². The number of aromatic nitrogens is 3. The van der Waals surface area contributed by atoms with E-state index in [0.717, 1.165) is 24.6 Å². The molecule has 1 fully saturated rings. The summed E-state index contributed by atoms with van der Waals surface area (Å²) in [6, 6.07) is 17.1. The zero-order chi connectivity index (χ0) is 31.7. The highest BCUT2D eigenvalue weighted by molar-refractivity contribution is 5.92. The van der Waals surface area contributed by atoms with Crippen LogP contribution in [0, 0.1) is 28.8 Å². The highest BCUT2D eigenvalue weighted by atomic mass is 19.1. The molecule has 0 unspecified atom stereocenters. The van der Waals surface area contributed by atoms with Gasteiger partial charge in [-0.15, -0.1) is 0 Å². The van der Waals surface area contributed by atoms with E-state index in [9.17, 15) is 14.3 Å². The van der Waals surface area contributed by atoms with Crippen LogP contribution >= 0.6 is 0 Å². The number of hydrogen-bond acceptors (Lipinski definition) is 6. The number of carboxylic acid groups (broad SMARTS) is 1. The number of rotatable bonds is 9. The zero-order valence-electron chi connectivity index (χ0n) is 24.1. The predicted octanol–water partition coefficient (Wildman–Crippen LogP) is 7.00. The van der Waals surface area contributed by atoms with Crippen LogP contribution in [-0.2, 0) is 17.8 Å². The topological polar surface area (TPSA) is 110 Å². The molecule has 228 valence electrons. The van der Waals surface area contributed by atoms with Crippen molar-refractivity contribution in [1.82, 2.24) is 14.5 Å². The Kier molecular flexibility index (Phi) is 8.24. The van der Waals surface area contributed by atoms with Crippen molar-refractivity contribution < 1.29 is 32.5 Å². The van der Waals surface area contributed by atoms with Gasteiger partial charge in [0.25, 0.3) is 0 Å². The monoisotopic (exact) mass is 612 g/mol. The summed E-state index contributed by atoms with van der Waals surface area (Å²) in [5.41, 5.74) is 1.75. The van der Waals surface area contributed by atoms with Crippen molar-refractivity contribution in [1.29, 1.82) is 5.26 Å². The van der Waals surface area contributed by atoms with Crippen molar-refractivity contribution in [3.8, 4) is 23.2 Å². The third-order valence-electron chi connectivity index (χ3n) is 7.96. The fraction of sp³-hybridized carbons (Fsp3) is 0.235. The summed E-state index contributed by atoms with van der Waals surface area (Å²) >= 11 is 0. The first kappa shape index (κ1) is 29.8. The lowest BCUT2D eigenvalue weighted by atomic mass is 10.0. The van der Waals surface area contributed by atoms with Gasteiger partial charge in [-0.25, -0.2) is 27.9 Å². The highest BCUT2D eigenvalue weighted by Crippen LogP contribution is 2.35. The Hall–Kier alpha value is -5.21. The van der Waals surface area contributed by atoms with Gasteiger partial charge in [-0.2, -0.15) is 5.26 Å². The molecule has 0 spiro atoms. The van der Waals surface area contributed by atoms with E-state index < -0.39 is 23.4 Å². The number of benzene rings is 3. The molecule has 6 rings (SSSR count). The molecule has 2 atom stereocenters. The first-order valence-corrected chi connectivity index (χ1v) is 14.4. The van der Waals surface area contributed by atoms with Gasteiger partial charge in [0.15, 0.2) is 0 Å². The maximum atomic E-state index is 15.6. The Balaban J connectivity index is 1.29. The van der Waals surface area contributed by atoms with Crippen molar-refractivity contribution in [2.45, 2.75) is 44.9 Å².